The van der Waals surface area contributed by atoms with E-state index in [1.807, 2.05) is 0 Å². The second kappa shape index (κ2) is 7.04. The van der Waals surface area contributed by atoms with Gasteiger partial charge in [-0.1, -0.05) is 30.3 Å². The molecule has 0 bridgehead atoms. The van der Waals surface area contributed by atoms with E-state index in [2.05, 4.69) is 10.6 Å². The molecule has 0 heterocycles. The van der Waals surface area contributed by atoms with Crippen molar-refractivity contribution >= 4 is 22.8 Å². The summed E-state index contributed by atoms with van der Waals surface area (Å²) in [6.07, 6.45) is 1.53. The highest BCUT2D eigenvalue weighted by Gasteiger charge is 2.36. The number of carbonyl (C=O) groups is 2. The Hall–Kier alpha value is -1.89. The van der Waals surface area contributed by atoms with E-state index in [0.717, 1.165) is 0 Å². The van der Waals surface area contributed by atoms with Crippen molar-refractivity contribution in [2.45, 2.75) is 12.5 Å². The molecule has 2 unspecified atom stereocenters. The third-order valence-corrected chi connectivity index (χ3v) is 3.60. The first-order chi connectivity index (χ1) is 9.36. The molecular formula is C13H18N2O4S. The van der Waals surface area contributed by atoms with Gasteiger partial charge < -0.3 is 15.7 Å². The summed E-state index contributed by atoms with van der Waals surface area (Å²) in [4.78, 5) is 23.2. The molecule has 0 radical (unpaired) electrons. The van der Waals surface area contributed by atoms with Gasteiger partial charge in [-0.2, -0.15) is 0 Å². The van der Waals surface area contributed by atoms with Crippen molar-refractivity contribution in [3.8, 4) is 0 Å². The van der Waals surface area contributed by atoms with Crippen molar-refractivity contribution in [1.29, 1.82) is 0 Å². The fraction of sp³-hybridized carbons (Fsp3) is 0.385. The predicted octanol–water partition coefficient (Wildman–Crippen LogP) is 0.664. The third-order valence-electron chi connectivity index (χ3n) is 2.82. The van der Waals surface area contributed by atoms with Crippen molar-refractivity contribution in [3.05, 3.63) is 35.9 Å². The molecule has 3 N–H and O–H groups in total. The Balaban J connectivity index is 2.75. The Labute approximate surface area is 120 Å². The molecule has 1 aromatic rings. The lowest BCUT2D eigenvalue weighted by Crippen LogP contribution is -2.53. The standard InChI is InChI=1S/C13H18N2O4S/c1-13(11(16)17,10-6-4-3-5-7-10)15-12(18)14-8-9-20(2)19/h3-7H,8-9H2,1-2H3,(H,16,17)(H2,14,15,18). The monoisotopic (exact) mass is 298 g/mol. The predicted molar refractivity (Wildman–Crippen MR) is 76.9 cm³/mol. The Morgan fingerprint density at radius 3 is 2.40 bits per heavy atom. The van der Waals surface area contributed by atoms with Gasteiger partial charge in [-0.3, -0.25) is 4.21 Å². The summed E-state index contributed by atoms with van der Waals surface area (Å²) in [5, 5.41) is 14.3. The maximum atomic E-state index is 11.7. The van der Waals surface area contributed by atoms with E-state index in [-0.39, 0.29) is 6.54 Å². The van der Waals surface area contributed by atoms with Gasteiger partial charge in [0.25, 0.3) is 0 Å². The van der Waals surface area contributed by atoms with Crippen LogP contribution in [0.1, 0.15) is 12.5 Å². The van der Waals surface area contributed by atoms with Gasteiger partial charge in [-0.15, -0.1) is 0 Å². The minimum Gasteiger partial charge on any atom is -0.479 e. The van der Waals surface area contributed by atoms with E-state index in [9.17, 15) is 18.9 Å². The average Bonchev–Trinajstić information content (AvgIpc) is 2.38. The molecule has 20 heavy (non-hydrogen) atoms. The Morgan fingerprint density at radius 2 is 1.90 bits per heavy atom. The quantitative estimate of drug-likeness (QED) is 0.719. The molecule has 2 amide bonds. The molecule has 7 heteroatoms. The SMILES string of the molecule is CS(=O)CCNC(=O)NC(C)(C(=O)O)c1ccccc1. The van der Waals surface area contributed by atoms with E-state index in [4.69, 9.17) is 0 Å². The first-order valence-electron chi connectivity index (χ1n) is 6.01. The molecular weight excluding hydrogens is 280 g/mol. The van der Waals surface area contributed by atoms with Gasteiger partial charge >= 0.3 is 12.0 Å². The van der Waals surface area contributed by atoms with Crippen LogP contribution < -0.4 is 10.6 Å². The van der Waals surface area contributed by atoms with Crippen molar-refractivity contribution in [1.82, 2.24) is 10.6 Å². The number of carbonyl (C=O) groups excluding carboxylic acids is 1. The minimum atomic E-state index is -1.52. The van der Waals surface area contributed by atoms with Crippen LogP contribution in [0.25, 0.3) is 0 Å². The van der Waals surface area contributed by atoms with Crippen molar-refractivity contribution in [2.75, 3.05) is 18.6 Å². The second-order valence-electron chi connectivity index (χ2n) is 4.45. The molecule has 110 valence electrons. The van der Waals surface area contributed by atoms with Crippen LogP contribution in [-0.2, 0) is 21.1 Å². The third kappa shape index (κ3) is 4.34. The van der Waals surface area contributed by atoms with Crippen molar-refractivity contribution in [2.24, 2.45) is 0 Å². The normalized spacial score (nSPS) is 14.9. The number of amides is 2. The number of aliphatic carboxylic acids is 1. The van der Waals surface area contributed by atoms with Gasteiger partial charge in [0.2, 0.25) is 0 Å². The molecule has 6 nitrogen and oxygen atoms in total. The fourth-order valence-corrected chi connectivity index (χ4v) is 1.99. The van der Waals surface area contributed by atoms with Crippen molar-refractivity contribution in [3.63, 3.8) is 0 Å². The topological polar surface area (TPSA) is 95.5 Å². The highest BCUT2D eigenvalue weighted by Crippen LogP contribution is 2.20. The maximum Gasteiger partial charge on any atom is 0.333 e. The lowest BCUT2D eigenvalue weighted by molar-refractivity contribution is -0.144. The minimum absolute atomic E-state index is 0.222. The molecule has 0 aliphatic heterocycles. The average molecular weight is 298 g/mol. The lowest BCUT2D eigenvalue weighted by Gasteiger charge is -2.26. The first kappa shape index (κ1) is 16.2. The largest absolute Gasteiger partial charge is 0.479 e. The van der Waals surface area contributed by atoms with Crippen LogP contribution >= 0.6 is 0 Å². The highest BCUT2D eigenvalue weighted by atomic mass is 32.2. The number of urea groups is 1. The van der Waals surface area contributed by atoms with Gasteiger partial charge in [0.15, 0.2) is 5.54 Å². The Morgan fingerprint density at radius 1 is 1.30 bits per heavy atom. The summed E-state index contributed by atoms with van der Waals surface area (Å²) < 4.78 is 10.9. The molecule has 0 aliphatic rings. The van der Waals surface area contributed by atoms with Gasteiger partial charge in [-0.05, 0) is 12.5 Å². The van der Waals surface area contributed by atoms with E-state index in [1.165, 1.54) is 13.2 Å². The number of hydrogen-bond donors (Lipinski definition) is 3. The summed E-state index contributed by atoms with van der Waals surface area (Å²) in [6.45, 7) is 1.64. The zero-order valence-electron chi connectivity index (χ0n) is 11.4. The number of carboxylic acids is 1. The highest BCUT2D eigenvalue weighted by molar-refractivity contribution is 7.84. The summed E-state index contributed by atoms with van der Waals surface area (Å²) in [5.41, 5.74) is -1.04. The summed E-state index contributed by atoms with van der Waals surface area (Å²) >= 11 is 0. The second-order valence-corrected chi connectivity index (χ2v) is 6.01. The molecule has 0 aromatic heterocycles. The Kier molecular flexibility index (Phi) is 5.69. The molecule has 1 rings (SSSR count). The number of rotatable bonds is 6. The zero-order valence-corrected chi connectivity index (χ0v) is 12.2. The smallest absolute Gasteiger partial charge is 0.333 e. The molecule has 1 aromatic carbocycles. The van der Waals surface area contributed by atoms with Gasteiger partial charge in [0.05, 0.1) is 0 Å². The van der Waals surface area contributed by atoms with Crippen LogP contribution in [0.15, 0.2) is 30.3 Å². The van der Waals surface area contributed by atoms with Gasteiger partial charge in [0.1, 0.15) is 0 Å². The van der Waals surface area contributed by atoms with Crippen LogP contribution in [0.5, 0.6) is 0 Å². The van der Waals surface area contributed by atoms with Crippen LogP contribution in [0.2, 0.25) is 0 Å². The molecule has 0 saturated carbocycles. The van der Waals surface area contributed by atoms with E-state index in [1.54, 1.807) is 30.3 Å². The zero-order chi connectivity index (χ0) is 15.2. The number of hydrogen-bond acceptors (Lipinski definition) is 3. The Bertz CT molecular complexity index is 506. The molecule has 0 saturated heterocycles. The van der Waals surface area contributed by atoms with Crippen LogP contribution in [0, 0.1) is 0 Å². The van der Waals surface area contributed by atoms with Crippen LogP contribution in [0.4, 0.5) is 4.79 Å². The number of nitrogens with one attached hydrogen (secondary N) is 2. The molecule has 0 fully saturated rings. The van der Waals surface area contributed by atoms with Gasteiger partial charge in [0, 0.05) is 29.4 Å². The molecule has 0 aliphatic carbocycles. The molecule has 2 atom stereocenters. The first-order valence-corrected chi connectivity index (χ1v) is 7.74. The van der Waals surface area contributed by atoms with E-state index >= 15 is 0 Å². The maximum absolute atomic E-state index is 11.7. The van der Waals surface area contributed by atoms with Crippen molar-refractivity contribution < 1.29 is 18.9 Å². The van der Waals surface area contributed by atoms with Crippen LogP contribution in [0.3, 0.4) is 0 Å². The number of carboxylic acid groups (broad SMARTS) is 1. The molecule has 0 spiro atoms. The number of benzene rings is 1. The summed E-state index contributed by atoms with van der Waals surface area (Å²) in [5.74, 6) is -0.833. The van der Waals surface area contributed by atoms with E-state index < -0.39 is 28.3 Å². The summed E-state index contributed by atoms with van der Waals surface area (Å²) in [6, 6.07) is 7.84. The summed E-state index contributed by atoms with van der Waals surface area (Å²) in [7, 11) is -1.01. The van der Waals surface area contributed by atoms with Crippen LogP contribution in [-0.4, -0.2) is 39.9 Å². The lowest BCUT2D eigenvalue weighted by atomic mass is 9.92. The fourth-order valence-electron chi connectivity index (χ4n) is 1.60. The van der Waals surface area contributed by atoms with Gasteiger partial charge in [-0.25, -0.2) is 9.59 Å². The van der Waals surface area contributed by atoms with E-state index in [0.29, 0.717) is 11.3 Å².